The minimum absolute atomic E-state index is 0.0803. The number of hydrogen-bond donors (Lipinski definition) is 1. The van der Waals surface area contributed by atoms with Crippen molar-refractivity contribution in [2.24, 2.45) is 0 Å². The molecule has 18 heavy (non-hydrogen) atoms. The van der Waals surface area contributed by atoms with Crippen LogP contribution in [0.3, 0.4) is 0 Å². The number of rotatable bonds is 4. The normalized spacial score (nSPS) is 10.1. The Hall–Kier alpha value is -2.35. The summed E-state index contributed by atoms with van der Waals surface area (Å²) in [5, 5.41) is 11.5. The third-order valence-electron chi connectivity index (χ3n) is 2.07. The summed E-state index contributed by atoms with van der Waals surface area (Å²) in [5.41, 5.74) is 5.39. The van der Waals surface area contributed by atoms with E-state index in [0.717, 1.165) is 11.3 Å². The summed E-state index contributed by atoms with van der Waals surface area (Å²) in [6, 6.07) is 4.10. The van der Waals surface area contributed by atoms with Crippen molar-refractivity contribution in [2.45, 2.75) is 0 Å². The molecule has 2 N–H and O–H groups in total. The van der Waals surface area contributed by atoms with E-state index in [1.807, 2.05) is 0 Å². The fourth-order valence-electron chi connectivity index (χ4n) is 1.29. The lowest BCUT2D eigenvalue weighted by atomic mass is 10.3. The van der Waals surface area contributed by atoms with Gasteiger partial charge in [-0.25, -0.2) is 4.98 Å². The first kappa shape index (κ1) is 12.1. The maximum atomic E-state index is 10.7. The minimum Gasteiger partial charge on any atom is -0.493 e. The summed E-state index contributed by atoms with van der Waals surface area (Å²) in [4.78, 5) is 14.0. The van der Waals surface area contributed by atoms with Crippen molar-refractivity contribution in [1.82, 2.24) is 4.98 Å². The Balaban J connectivity index is 2.35. The van der Waals surface area contributed by atoms with Gasteiger partial charge in [-0.15, -0.1) is 0 Å². The van der Waals surface area contributed by atoms with Crippen LogP contribution in [0.4, 0.5) is 10.8 Å². The van der Waals surface area contributed by atoms with E-state index in [1.54, 1.807) is 0 Å². The van der Waals surface area contributed by atoms with Crippen LogP contribution in [-0.4, -0.2) is 17.0 Å². The van der Waals surface area contributed by atoms with E-state index in [1.165, 1.54) is 31.5 Å². The zero-order chi connectivity index (χ0) is 13.1. The fraction of sp³-hybridized carbons (Fsp3) is 0.100. The highest BCUT2D eigenvalue weighted by Gasteiger charge is 2.14. The number of benzene rings is 1. The van der Waals surface area contributed by atoms with Crippen molar-refractivity contribution < 1.29 is 14.4 Å². The average molecular weight is 267 g/mol. The monoisotopic (exact) mass is 267 g/mol. The predicted molar refractivity (Wildman–Crippen MR) is 66.2 cm³/mol. The molecule has 0 fully saturated rings. The van der Waals surface area contributed by atoms with Crippen molar-refractivity contribution >= 4 is 22.2 Å². The molecule has 0 aliphatic rings. The Morgan fingerprint density at radius 1 is 1.44 bits per heavy atom. The minimum atomic E-state index is -0.507. The smallest absolute Gasteiger partial charge is 0.273 e. The van der Waals surface area contributed by atoms with Gasteiger partial charge in [0.2, 0.25) is 5.06 Å². The largest absolute Gasteiger partial charge is 0.493 e. The molecule has 0 atom stereocenters. The lowest BCUT2D eigenvalue weighted by Crippen LogP contribution is -1.92. The van der Waals surface area contributed by atoms with Crippen molar-refractivity contribution in [3.05, 3.63) is 34.5 Å². The summed E-state index contributed by atoms with van der Waals surface area (Å²) in [6.07, 6.45) is 1.44. The molecule has 0 spiro atoms. The first-order valence-electron chi connectivity index (χ1n) is 4.81. The number of aromatic nitrogens is 1. The molecule has 0 aliphatic carbocycles. The fourth-order valence-corrected chi connectivity index (χ4v) is 1.83. The van der Waals surface area contributed by atoms with E-state index >= 15 is 0 Å². The topological polar surface area (TPSA) is 101 Å². The van der Waals surface area contributed by atoms with E-state index in [9.17, 15) is 10.1 Å². The van der Waals surface area contributed by atoms with Gasteiger partial charge in [0, 0.05) is 6.07 Å². The van der Waals surface area contributed by atoms with Gasteiger partial charge >= 0.3 is 0 Å². The number of non-ortho nitro benzene ring substituents is 1. The summed E-state index contributed by atoms with van der Waals surface area (Å²) in [7, 11) is 1.45. The van der Waals surface area contributed by atoms with E-state index in [2.05, 4.69) is 4.98 Å². The molecular formula is C10H9N3O4S. The van der Waals surface area contributed by atoms with Crippen molar-refractivity contribution in [2.75, 3.05) is 12.8 Å². The highest BCUT2D eigenvalue weighted by molar-refractivity contribution is 7.17. The zero-order valence-corrected chi connectivity index (χ0v) is 10.1. The van der Waals surface area contributed by atoms with Crippen molar-refractivity contribution in [3.63, 3.8) is 0 Å². The molecule has 1 heterocycles. The number of nitrogens with two attached hydrogens (primary N) is 1. The standard InChI is InChI=1S/C10H9N3O4S/c1-16-7-3-2-6(13(14)15)4-8(7)17-9-5-12-10(11)18-9/h2-5H,1H3,(H2,11,12). The quantitative estimate of drug-likeness (QED) is 0.674. The third kappa shape index (κ3) is 2.48. The average Bonchev–Trinajstić information content (AvgIpc) is 2.74. The lowest BCUT2D eigenvalue weighted by molar-refractivity contribution is -0.384. The Kier molecular flexibility index (Phi) is 3.28. The number of nitro benzene ring substituents is 1. The van der Waals surface area contributed by atoms with Crippen molar-refractivity contribution in [1.29, 1.82) is 0 Å². The van der Waals surface area contributed by atoms with Crippen LogP contribution in [0, 0.1) is 10.1 Å². The van der Waals surface area contributed by atoms with Gasteiger partial charge < -0.3 is 15.2 Å². The number of ether oxygens (including phenoxy) is 2. The van der Waals surface area contributed by atoms with Gasteiger partial charge in [0.25, 0.3) is 5.69 Å². The number of hydrogen-bond acceptors (Lipinski definition) is 7. The molecule has 7 nitrogen and oxygen atoms in total. The lowest BCUT2D eigenvalue weighted by Gasteiger charge is -2.07. The SMILES string of the molecule is COc1ccc([N+](=O)[O-])cc1Oc1cnc(N)s1. The van der Waals surface area contributed by atoms with Gasteiger partial charge in [-0.1, -0.05) is 11.3 Å². The van der Waals surface area contributed by atoms with Gasteiger partial charge in [-0.2, -0.15) is 0 Å². The molecule has 2 aromatic rings. The van der Waals surface area contributed by atoms with Crippen LogP contribution in [0.1, 0.15) is 0 Å². The highest BCUT2D eigenvalue weighted by atomic mass is 32.1. The van der Waals surface area contributed by atoms with Crippen molar-refractivity contribution in [3.8, 4) is 16.6 Å². The molecule has 1 aromatic heterocycles. The first-order valence-corrected chi connectivity index (χ1v) is 5.63. The van der Waals surface area contributed by atoms with E-state index in [4.69, 9.17) is 15.2 Å². The molecule has 2 rings (SSSR count). The highest BCUT2D eigenvalue weighted by Crippen LogP contribution is 2.36. The third-order valence-corrected chi connectivity index (χ3v) is 2.78. The second-order valence-electron chi connectivity index (χ2n) is 3.21. The number of nitrogen functional groups attached to an aromatic ring is 1. The molecule has 0 bridgehead atoms. The Morgan fingerprint density at radius 2 is 2.22 bits per heavy atom. The number of anilines is 1. The van der Waals surface area contributed by atoms with Crippen LogP contribution in [-0.2, 0) is 0 Å². The number of thiazole rings is 1. The maximum Gasteiger partial charge on any atom is 0.273 e. The molecule has 94 valence electrons. The molecule has 0 saturated carbocycles. The van der Waals surface area contributed by atoms with Crippen LogP contribution >= 0.6 is 11.3 Å². The van der Waals surface area contributed by atoms with Crippen LogP contribution in [0.2, 0.25) is 0 Å². The van der Waals surface area contributed by atoms with Gasteiger partial charge in [-0.3, -0.25) is 10.1 Å². The van der Waals surface area contributed by atoms with Gasteiger partial charge in [0.1, 0.15) is 0 Å². The molecule has 0 aliphatic heterocycles. The van der Waals surface area contributed by atoms with Crippen LogP contribution in [0.5, 0.6) is 16.6 Å². The summed E-state index contributed by atoms with van der Waals surface area (Å²) >= 11 is 1.14. The van der Waals surface area contributed by atoms with Crippen LogP contribution in [0.15, 0.2) is 24.4 Å². The Morgan fingerprint density at radius 3 is 2.78 bits per heavy atom. The maximum absolute atomic E-state index is 10.7. The predicted octanol–water partition coefficient (Wildman–Crippen LogP) is 2.43. The van der Waals surface area contributed by atoms with Gasteiger partial charge in [0.15, 0.2) is 16.6 Å². The summed E-state index contributed by atoms with van der Waals surface area (Å²) in [5.74, 6) is 0.642. The second-order valence-corrected chi connectivity index (χ2v) is 4.24. The van der Waals surface area contributed by atoms with E-state index in [0.29, 0.717) is 15.9 Å². The molecule has 1 aromatic carbocycles. The van der Waals surface area contributed by atoms with Gasteiger partial charge in [0.05, 0.1) is 24.3 Å². The molecule has 0 radical (unpaired) electrons. The molecular weight excluding hydrogens is 258 g/mol. The second kappa shape index (κ2) is 4.88. The molecule has 0 unspecified atom stereocenters. The number of nitro groups is 1. The number of methoxy groups -OCH3 is 1. The van der Waals surface area contributed by atoms with E-state index < -0.39 is 4.92 Å². The van der Waals surface area contributed by atoms with Gasteiger partial charge in [-0.05, 0) is 6.07 Å². The summed E-state index contributed by atoms with van der Waals surface area (Å²) in [6.45, 7) is 0. The Bertz CT molecular complexity index is 584. The zero-order valence-electron chi connectivity index (χ0n) is 9.32. The van der Waals surface area contributed by atoms with E-state index in [-0.39, 0.29) is 11.4 Å². The molecule has 8 heteroatoms. The van der Waals surface area contributed by atoms with Crippen LogP contribution in [0.25, 0.3) is 0 Å². The number of nitrogens with zero attached hydrogens (tertiary/aromatic N) is 2. The van der Waals surface area contributed by atoms with Crippen LogP contribution < -0.4 is 15.2 Å². The Labute approximate surface area is 106 Å². The first-order chi connectivity index (χ1) is 8.60. The molecule has 0 saturated heterocycles. The summed E-state index contributed by atoms with van der Waals surface area (Å²) < 4.78 is 10.5. The molecule has 0 amide bonds.